The van der Waals surface area contributed by atoms with Gasteiger partial charge < -0.3 is 15.0 Å². The van der Waals surface area contributed by atoms with E-state index < -0.39 is 0 Å². The fraction of sp³-hybridized carbons (Fsp3) is 0.917. The van der Waals surface area contributed by atoms with Crippen molar-refractivity contribution in [2.75, 3.05) is 45.9 Å². The number of carbonyl (C=O) groups is 1. The molecule has 2 rings (SSSR count). The SMILES string of the molecule is CC1CN(C(=O)CN2CCNC[C@@H]2C)CCO1. The number of morpholine rings is 1. The van der Waals surface area contributed by atoms with Gasteiger partial charge in [0.05, 0.1) is 19.3 Å². The Morgan fingerprint density at radius 2 is 2.24 bits per heavy atom. The van der Waals surface area contributed by atoms with Crippen molar-refractivity contribution in [1.29, 1.82) is 0 Å². The highest BCUT2D eigenvalue weighted by Crippen LogP contribution is 2.07. The Balaban J connectivity index is 1.83. The monoisotopic (exact) mass is 241 g/mol. The first-order valence-corrected chi connectivity index (χ1v) is 6.51. The Kier molecular flexibility index (Phi) is 4.36. The average molecular weight is 241 g/mol. The quantitative estimate of drug-likeness (QED) is 0.710. The molecule has 2 atom stereocenters. The normalized spacial score (nSPS) is 31.5. The standard InChI is InChI=1S/C12H23N3O2/c1-10-7-13-3-4-14(10)9-12(16)15-5-6-17-11(2)8-15/h10-11,13H,3-9H2,1-2H3/t10-,11?/m0/s1. The minimum atomic E-state index is 0.174. The highest BCUT2D eigenvalue weighted by atomic mass is 16.5. The predicted octanol–water partition coefficient (Wildman–Crippen LogP) is -0.473. The van der Waals surface area contributed by atoms with Crippen LogP contribution in [0.4, 0.5) is 0 Å². The summed E-state index contributed by atoms with van der Waals surface area (Å²) in [5, 5.41) is 3.34. The molecule has 2 saturated heterocycles. The fourth-order valence-electron chi connectivity index (χ4n) is 2.44. The summed E-state index contributed by atoms with van der Waals surface area (Å²) in [6.45, 7) is 9.81. The molecule has 17 heavy (non-hydrogen) atoms. The van der Waals surface area contributed by atoms with Crippen LogP contribution in [0.25, 0.3) is 0 Å². The summed E-state index contributed by atoms with van der Waals surface area (Å²) in [4.78, 5) is 16.4. The summed E-state index contributed by atoms with van der Waals surface area (Å²) in [7, 11) is 0. The zero-order chi connectivity index (χ0) is 12.3. The molecular formula is C12H23N3O2. The Morgan fingerprint density at radius 1 is 1.41 bits per heavy atom. The number of nitrogens with one attached hydrogen (secondary N) is 1. The van der Waals surface area contributed by atoms with Crippen LogP contribution >= 0.6 is 0 Å². The minimum absolute atomic E-state index is 0.174. The molecule has 0 aromatic rings. The van der Waals surface area contributed by atoms with Gasteiger partial charge in [-0.25, -0.2) is 0 Å². The molecule has 98 valence electrons. The molecule has 5 heteroatoms. The van der Waals surface area contributed by atoms with Crippen molar-refractivity contribution < 1.29 is 9.53 Å². The van der Waals surface area contributed by atoms with Crippen molar-refractivity contribution in [1.82, 2.24) is 15.1 Å². The molecule has 5 nitrogen and oxygen atoms in total. The second-order valence-electron chi connectivity index (χ2n) is 5.04. The van der Waals surface area contributed by atoms with Gasteiger partial charge in [-0.3, -0.25) is 9.69 Å². The number of nitrogens with zero attached hydrogens (tertiary/aromatic N) is 2. The van der Waals surface area contributed by atoms with Crippen molar-refractivity contribution in [3.8, 4) is 0 Å². The van der Waals surface area contributed by atoms with Crippen molar-refractivity contribution in [2.24, 2.45) is 0 Å². The third-order valence-electron chi connectivity index (χ3n) is 3.57. The van der Waals surface area contributed by atoms with Crippen molar-refractivity contribution in [2.45, 2.75) is 26.0 Å². The lowest BCUT2D eigenvalue weighted by molar-refractivity contribution is -0.140. The number of carbonyl (C=O) groups excluding carboxylic acids is 1. The highest BCUT2D eigenvalue weighted by molar-refractivity contribution is 5.78. The topological polar surface area (TPSA) is 44.8 Å². The van der Waals surface area contributed by atoms with E-state index in [1.54, 1.807) is 0 Å². The molecular weight excluding hydrogens is 218 g/mol. The number of amides is 1. The summed E-state index contributed by atoms with van der Waals surface area (Å²) in [5.41, 5.74) is 0. The molecule has 1 amide bonds. The molecule has 1 unspecified atom stereocenters. The van der Waals surface area contributed by atoms with Gasteiger partial charge in [-0.1, -0.05) is 0 Å². The van der Waals surface area contributed by atoms with E-state index in [4.69, 9.17) is 4.74 Å². The van der Waals surface area contributed by atoms with Gasteiger partial charge in [-0.2, -0.15) is 0 Å². The zero-order valence-corrected chi connectivity index (χ0v) is 10.8. The summed E-state index contributed by atoms with van der Waals surface area (Å²) in [6, 6.07) is 0.450. The maximum absolute atomic E-state index is 12.2. The van der Waals surface area contributed by atoms with Gasteiger partial charge in [-0.05, 0) is 13.8 Å². The van der Waals surface area contributed by atoms with Crippen LogP contribution in [0.3, 0.4) is 0 Å². The van der Waals surface area contributed by atoms with Gasteiger partial charge in [0.25, 0.3) is 0 Å². The van der Waals surface area contributed by atoms with E-state index in [0.717, 1.165) is 32.7 Å². The Labute approximate surface area is 103 Å². The second-order valence-corrected chi connectivity index (χ2v) is 5.04. The number of rotatable bonds is 2. The van der Waals surface area contributed by atoms with Gasteiger partial charge in [0.1, 0.15) is 0 Å². The second kappa shape index (κ2) is 5.80. The van der Waals surface area contributed by atoms with E-state index in [2.05, 4.69) is 17.1 Å². The van der Waals surface area contributed by atoms with Crippen molar-refractivity contribution in [3.05, 3.63) is 0 Å². The van der Waals surface area contributed by atoms with Crippen LogP contribution < -0.4 is 5.32 Å². The third-order valence-corrected chi connectivity index (χ3v) is 3.57. The summed E-state index contributed by atoms with van der Waals surface area (Å²) in [5.74, 6) is 0.244. The van der Waals surface area contributed by atoms with E-state index in [-0.39, 0.29) is 12.0 Å². The molecule has 1 N–H and O–H groups in total. The number of piperazine rings is 1. The van der Waals surface area contributed by atoms with Crippen LogP contribution in [-0.4, -0.2) is 73.7 Å². The van der Waals surface area contributed by atoms with Crippen LogP contribution in [0.5, 0.6) is 0 Å². The molecule has 0 aliphatic carbocycles. The van der Waals surface area contributed by atoms with Gasteiger partial charge in [-0.15, -0.1) is 0 Å². The van der Waals surface area contributed by atoms with Gasteiger partial charge in [0, 0.05) is 38.8 Å². The van der Waals surface area contributed by atoms with E-state index in [1.807, 2.05) is 11.8 Å². The lowest BCUT2D eigenvalue weighted by Gasteiger charge is -2.36. The van der Waals surface area contributed by atoms with Crippen molar-refractivity contribution in [3.63, 3.8) is 0 Å². The number of hydrogen-bond acceptors (Lipinski definition) is 4. The van der Waals surface area contributed by atoms with E-state index in [0.29, 0.717) is 19.2 Å². The Morgan fingerprint density at radius 3 is 2.94 bits per heavy atom. The van der Waals surface area contributed by atoms with Gasteiger partial charge in [0.15, 0.2) is 0 Å². The molecule has 0 aromatic heterocycles. The fourth-order valence-corrected chi connectivity index (χ4v) is 2.44. The van der Waals surface area contributed by atoms with Crippen LogP contribution in [0.15, 0.2) is 0 Å². The summed E-state index contributed by atoms with van der Waals surface area (Å²) in [6.07, 6.45) is 0.174. The molecule has 0 bridgehead atoms. The number of hydrogen-bond donors (Lipinski definition) is 1. The van der Waals surface area contributed by atoms with Crippen LogP contribution in [0.1, 0.15) is 13.8 Å². The lowest BCUT2D eigenvalue weighted by Crippen LogP contribution is -2.54. The van der Waals surface area contributed by atoms with Gasteiger partial charge >= 0.3 is 0 Å². The van der Waals surface area contributed by atoms with E-state index in [1.165, 1.54) is 0 Å². The summed E-state index contributed by atoms with van der Waals surface area (Å²) < 4.78 is 5.45. The molecule has 0 saturated carbocycles. The van der Waals surface area contributed by atoms with E-state index in [9.17, 15) is 4.79 Å². The first kappa shape index (κ1) is 12.8. The van der Waals surface area contributed by atoms with Crippen molar-refractivity contribution >= 4 is 5.91 Å². The maximum atomic E-state index is 12.2. The lowest BCUT2D eigenvalue weighted by atomic mass is 10.2. The van der Waals surface area contributed by atoms with E-state index >= 15 is 0 Å². The summed E-state index contributed by atoms with van der Waals surface area (Å²) >= 11 is 0. The first-order valence-electron chi connectivity index (χ1n) is 6.51. The minimum Gasteiger partial charge on any atom is -0.375 e. The Bertz CT molecular complexity index is 272. The Hall–Kier alpha value is -0.650. The maximum Gasteiger partial charge on any atom is 0.236 e. The molecule has 0 aromatic carbocycles. The van der Waals surface area contributed by atoms with Crippen LogP contribution in [0.2, 0.25) is 0 Å². The number of ether oxygens (including phenoxy) is 1. The largest absolute Gasteiger partial charge is 0.375 e. The molecule has 0 radical (unpaired) electrons. The molecule has 2 aliphatic rings. The van der Waals surface area contributed by atoms with Crippen LogP contribution in [0, 0.1) is 0 Å². The predicted molar refractivity (Wildman–Crippen MR) is 65.9 cm³/mol. The third kappa shape index (κ3) is 3.40. The smallest absolute Gasteiger partial charge is 0.236 e. The zero-order valence-electron chi connectivity index (χ0n) is 10.8. The molecule has 2 aliphatic heterocycles. The molecule has 2 heterocycles. The average Bonchev–Trinajstić information content (AvgIpc) is 2.32. The highest BCUT2D eigenvalue weighted by Gasteiger charge is 2.25. The molecule has 0 spiro atoms. The molecule has 2 fully saturated rings. The first-order chi connectivity index (χ1) is 8.16. The van der Waals surface area contributed by atoms with Crippen LogP contribution in [-0.2, 0) is 9.53 Å². The van der Waals surface area contributed by atoms with Gasteiger partial charge in [0.2, 0.25) is 5.91 Å².